The summed E-state index contributed by atoms with van der Waals surface area (Å²) in [5, 5.41) is 38.5. The largest absolute Gasteiger partial charge is 0.508 e. The molecule has 0 atom stereocenters. The van der Waals surface area contributed by atoms with E-state index in [1.807, 2.05) is 38.1 Å². The fraction of sp³-hybridized carbons (Fsp3) is 0.143. The van der Waals surface area contributed by atoms with Gasteiger partial charge in [0.2, 0.25) is 0 Å². The van der Waals surface area contributed by atoms with E-state index in [2.05, 4.69) is 0 Å². The molecule has 4 nitrogen and oxygen atoms in total. The first-order valence-corrected chi connectivity index (χ1v) is 11.6. The molecule has 0 aliphatic rings. The molecule has 34 heavy (non-hydrogen) atoms. The normalized spacial score (nSPS) is 10.5. The monoisotopic (exact) mass is 496 g/mol. The van der Waals surface area contributed by atoms with E-state index in [9.17, 15) is 20.4 Å². The lowest BCUT2D eigenvalue weighted by atomic mass is 9.98. The van der Waals surface area contributed by atoms with E-state index in [1.54, 1.807) is 36.4 Å². The summed E-state index contributed by atoms with van der Waals surface area (Å²) in [6, 6.07) is 21.0. The predicted molar refractivity (Wildman–Crippen MR) is 139 cm³/mol. The molecule has 0 fully saturated rings. The maximum absolute atomic E-state index is 9.69. The molecular formula is C28H26Cl2O4. The molecule has 4 rings (SSSR count). The number of halogens is 2. The van der Waals surface area contributed by atoms with Crippen molar-refractivity contribution in [3.05, 3.63) is 94.0 Å². The molecule has 4 N–H and O–H groups in total. The van der Waals surface area contributed by atoms with Crippen LogP contribution in [0.25, 0.3) is 22.3 Å². The Kier molecular flexibility index (Phi) is 8.32. The molecule has 0 heterocycles. The smallest absolute Gasteiger partial charge is 0.134 e. The average Bonchev–Trinajstić information content (AvgIpc) is 2.84. The average molecular weight is 497 g/mol. The number of aromatic hydroxyl groups is 4. The highest BCUT2D eigenvalue weighted by atomic mass is 35.5. The van der Waals surface area contributed by atoms with Crippen molar-refractivity contribution < 1.29 is 20.4 Å². The Morgan fingerprint density at radius 2 is 0.765 bits per heavy atom. The Balaban J connectivity index is 0.000000192. The second kappa shape index (κ2) is 11.2. The molecule has 0 aliphatic carbocycles. The van der Waals surface area contributed by atoms with Crippen molar-refractivity contribution in [3.8, 4) is 45.3 Å². The van der Waals surface area contributed by atoms with Gasteiger partial charge in [-0.25, -0.2) is 0 Å². The molecule has 0 radical (unpaired) electrons. The summed E-state index contributed by atoms with van der Waals surface area (Å²) in [5.74, 6) is 0.761. The minimum atomic E-state index is 0.0373. The third-order valence-electron chi connectivity index (χ3n) is 5.48. The van der Waals surface area contributed by atoms with E-state index in [0.29, 0.717) is 11.5 Å². The zero-order valence-electron chi connectivity index (χ0n) is 18.9. The molecule has 0 amide bonds. The third kappa shape index (κ3) is 5.96. The van der Waals surface area contributed by atoms with E-state index in [-0.39, 0.29) is 21.5 Å². The summed E-state index contributed by atoms with van der Waals surface area (Å²) in [7, 11) is 0. The second-order valence-corrected chi connectivity index (χ2v) is 8.54. The van der Waals surface area contributed by atoms with Crippen LogP contribution in [0.4, 0.5) is 0 Å². The van der Waals surface area contributed by atoms with Crippen LogP contribution in [0.2, 0.25) is 10.0 Å². The van der Waals surface area contributed by atoms with Crippen LogP contribution in [-0.2, 0) is 12.8 Å². The van der Waals surface area contributed by atoms with Gasteiger partial charge < -0.3 is 20.4 Å². The Hall–Kier alpha value is -3.34. The van der Waals surface area contributed by atoms with Gasteiger partial charge in [-0.05, 0) is 94.8 Å². The van der Waals surface area contributed by atoms with Crippen molar-refractivity contribution in [1.82, 2.24) is 0 Å². The molecule has 0 aromatic heterocycles. The van der Waals surface area contributed by atoms with Gasteiger partial charge in [-0.3, -0.25) is 0 Å². The fourth-order valence-corrected chi connectivity index (χ4v) is 3.83. The number of benzene rings is 4. The van der Waals surface area contributed by atoms with E-state index < -0.39 is 0 Å². The first-order chi connectivity index (χ1) is 16.2. The molecule has 0 spiro atoms. The van der Waals surface area contributed by atoms with Gasteiger partial charge in [0.25, 0.3) is 0 Å². The van der Waals surface area contributed by atoms with Crippen molar-refractivity contribution in [2.24, 2.45) is 0 Å². The van der Waals surface area contributed by atoms with Gasteiger partial charge in [0.1, 0.15) is 23.0 Å². The Morgan fingerprint density at radius 3 is 1.06 bits per heavy atom. The Bertz CT molecular complexity index is 1200. The molecular weight excluding hydrogens is 471 g/mol. The van der Waals surface area contributed by atoms with E-state index in [0.717, 1.165) is 46.2 Å². The number of hydrogen-bond acceptors (Lipinski definition) is 4. The van der Waals surface area contributed by atoms with Crippen LogP contribution < -0.4 is 0 Å². The third-order valence-corrected chi connectivity index (χ3v) is 6.09. The zero-order valence-corrected chi connectivity index (χ0v) is 20.4. The van der Waals surface area contributed by atoms with Gasteiger partial charge in [0.05, 0.1) is 10.0 Å². The quantitative estimate of drug-likeness (QED) is 0.231. The van der Waals surface area contributed by atoms with Crippen molar-refractivity contribution in [3.63, 3.8) is 0 Å². The molecule has 0 bridgehead atoms. The number of hydrogen-bond donors (Lipinski definition) is 4. The molecule has 0 saturated carbocycles. The second-order valence-electron chi connectivity index (χ2n) is 7.73. The highest BCUT2D eigenvalue weighted by Crippen LogP contribution is 2.33. The molecule has 176 valence electrons. The SMILES string of the molecule is CCc1cc(-c2ccc(O)c(CC)c2)ccc1O.Oc1ccc(-c2ccc(O)c(Cl)c2)cc1Cl. The van der Waals surface area contributed by atoms with Gasteiger partial charge in [-0.15, -0.1) is 0 Å². The van der Waals surface area contributed by atoms with Crippen LogP contribution in [0.15, 0.2) is 72.8 Å². The van der Waals surface area contributed by atoms with Crippen LogP contribution in [-0.4, -0.2) is 20.4 Å². The number of phenolic OH excluding ortho intramolecular Hbond substituents is 4. The van der Waals surface area contributed by atoms with Crippen molar-refractivity contribution >= 4 is 23.2 Å². The first kappa shape index (κ1) is 25.3. The maximum Gasteiger partial charge on any atom is 0.134 e. The van der Waals surface area contributed by atoms with Gasteiger partial charge >= 0.3 is 0 Å². The Morgan fingerprint density at radius 1 is 0.471 bits per heavy atom. The van der Waals surface area contributed by atoms with Crippen LogP contribution in [0.3, 0.4) is 0 Å². The van der Waals surface area contributed by atoms with Gasteiger partial charge in [-0.2, -0.15) is 0 Å². The van der Waals surface area contributed by atoms with E-state index in [1.165, 1.54) is 12.1 Å². The summed E-state index contributed by atoms with van der Waals surface area (Å²) in [6.45, 7) is 4.04. The van der Waals surface area contributed by atoms with Gasteiger partial charge in [0, 0.05) is 0 Å². The number of phenols is 4. The standard InChI is InChI=1S/C16H18O2.C12H8Cl2O2/c1-3-11-9-13(5-7-15(11)17)14-6-8-16(18)12(4-2)10-14;13-9-5-7(1-3-11(9)15)8-2-4-12(16)10(14)6-8/h5-10,17-18H,3-4H2,1-2H3;1-6,15-16H. The fourth-order valence-electron chi connectivity index (χ4n) is 3.47. The van der Waals surface area contributed by atoms with Crippen LogP contribution in [0.5, 0.6) is 23.0 Å². The molecule has 0 unspecified atom stereocenters. The van der Waals surface area contributed by atoms with Crippen molar-refractivity contribution in [2.45, 2.75) is 26.7 Å². The predicted octanol–water partition coefficient (Wildman–Crippen LogP) is 7.96. The van der Waals surface area contributed by atoms with Crippen LogP contribution in [0.1, 0.15) is 25.0 Å². The van der Waals surface area contributed by atoms with Crippen LogP contribution >= 0.6 is 23.2 Å². The Labute approximate surface area is 209 Å². The van der Waals surface area contributed by atoms with Gasteiger partial charge in [-0.1, -0.05) is 61.3 Å². The maximum atomic E-state index is 9.69. The topological polar surface area (TPSA) is 80.9 Å². The molecule has 4 aromatic carbocycles. The van der Waals surface area contributed by atoms with Crippen molar-refractivity contribution in [1.29, 1.82) is 0 Å². The summed E-state index contributed by atoms with van der Waals surface area (Å²) < 4.78 is 0. The molecule has 6 heteroatoms. The first-order valence-electron chi connectivity index (χ1n) is 10.8. The summed E-state index contributed by atoms with van der Waals surface area (Å²) >= 11 is 11.6. The lowest BCUT2D eigenvalue weighted by Crippen LogP contribution is -1.87. The molecule has 0 aliphatic heterocycles. The van der Waals surface area contributed by atoms with E-state index >= 15 is 0 Å². The lowest BCUT2D eigenvalue weighted by molar-refractivity contribution is 0.468. The van der Waals surface area contributed by atoms with Crippen molar-refractivity contribution in [2.75, 3.05) is 0 Å². The lowest BCUT2D eigenvalue weighted by Gasteiger charge is -2.09. The summed E-state index contributed by atoms with van der Waals surface area (Å²) in [4.78, 5) is 0. The molecule has 4 aromatic rings. The van der Waals surface area contributed by atoms with Crippen LogP contribution in [0, 0.1) is 0 Å². The summed E-state index contributed by atoms with van der Waals surface area (Å²) in [5.41, 5.74) is 5.67. The zero-order chi connectivity index (χ0) is 24.8. The summed E-state index contributed by atoms with van der Waals surface area (Å²) in [6.07, 6.45) is 1.61. The van der Waals surface area contributed by atoms with E-state index in [4.69, 9.17) is 23.2 Å². The minimum Gasteiger partial charge on any atom is -0.508 e. The highest BCUT2D eigenvalue weighted by molar-refractivity contribution is 6.33. The highest BCUT2D eigenvalue weighted by Gasteiger charge is 2.07. The number of rotatable bonds is 4. The minimum absolute atomic E-state index is 0.0373. The number of aryl methyl sites for hydroxylation is 2. The van der Waals surface area contributed by atoms with Gasteiger partial charge in [0.15, 0.2) is 0 Å². The molecule has 0 saturated heterocycles.